The molecular weight excluding hydrogens is 212 g/mol. The van der Waals surface area contributed by atoms with E-state index in [0.717, 1.165) is 21.6 Å². The predicted octanol–water partition coefficient (Wildman–Crippen LogP) is 1.29. The fourth-order valence-electron chi connectivity index (χ4n) is 1.31. The molecule has 0 aliphatic carbocycles. The maximum Gasteiger partial charge on any atom is 0.207 e. The summed E-state index contributed by atoms with van der Waals surface area (Å²) in [6, 6.07) is 5.11. The van der Waals surface area contributed by atoms with Crippen molar-refractivity contribution in [3.63, 3.8) is 0 Å². The van der Waals surface area contributed by atoms with Gasteiger partial charge in [-0.15, -0.1) is 11.3 Å². The van der Waals surface area contributed by atoms with E-state index >= 15 is 0 Å². The van der Waals surface area contributed by atoms with Gasteiger partial charge in [-0.25, -0.2) is 4.98 Å². The molecule has 1 aromatic heterocycles. The highest BCUT2D eigenvalue weighted by Gasteiger charge is 2.03. The molecule has 1 heterocycles. The number of carbonyl (C=O) groups excluding carboxylic acids is 1. The van der Waals surface area contributed by atoms with E-state index in [-0.39, 0.29) is 5.75 Å². The summed E-state index contributed by atoms with van der Waals surface area (Å²) in [4.78, 5) is 14.4. The zero-order chi connectivity index (χ0) is 10.7. The second kappa shape index (κ2) is 4.27. The lowest BCUT2D eigenvalue weighted by Crippen LogP contribution is -2.14. The Bertz CT molecular complexity index is 481. The van der Waals surface area contributed by atoms with E-state index in [9.17, 15) is 9.90 Å². The molecular formula is C10H10N2O2S. The van der Waals surface area contributed by atoms with Crippen LogP contribution in [0.2, 0.25) is 0 Å². The lowest BCUT2D eigenvalue weighted by atomic mass is 10.3. The van der Waals surface area contributed by atoms with Gasteiger partial charge in [-0.2, -0.15) is 0 Å². The third kappa shape index (κ3) is 2.24. The van der Waals surface area contributed by atoms with Crippen LogP contribution in [-0.4, -0.2) is 23.0 Å². The monoisotopic (exact) mass is 222 g/mol. The summed E-state index contributed by atoms with van der Waals surface area (Å²) in [6.45, 7) is 0.593. The second-order valence-corrected chi connectivity index (χ2v) is 4.20. The number of aromatic hydroxyl groups is 1. The van der Waals surface area contributed by atoms with Crippen LogP contribution in [0.15, 0.2) is 18.2 Å². The summed E-state index contributed by atoms with van der Waals surface area (Å²) in [5, 5.41) is 12.8. The number of nitrogens with zero attached hydrogens (tertiary/aromatic N) is 1. The fourth-order valence-corrected chi connectivity index (χ4v) is 2.31. The number of hydrogen-bond donors (Lipinski definition) is 2. The molecule has 2 aromatic rings. The molecule has 1 amide bonds. The van der Waals surface area contributed by atoms with Crippen molar-refractivity contribution >= 4 is 28.0 Å². The van der Waals surface area contributed by atoms with Gasteiger partial charge in [0, 0.05) is 13.0 Å². The lowest BCUT2D eigenvalue weighted by Gasteiger charge is -1.92. The highest BCUT2D eigenvalue weighted by atomic mass is 32.1. The number of nitrogens with one attached hydrogen (secondary N) is 1. The van der Waals surface area contributed by atoms with Crippen LogP contribution in [0, 0.1) is 0 Å². The highest BCUT2D eigenvalue weighted by molar-refractivity contribution is 7.18. The average Bonchev–Trinajstić information content (AvgIpc) is 2.60. The minimum absolute atomic E-state index is 0.253. The molecule has 0 aliphatic heterocycles. The molecule has 2 N–H and O–H groups in total. The van der Waals surface area contributed by atoms with Crippen molar-refractivity contribution in [2.75, 3.05) is 6.54 Å². The van der Waals surface area contributed by atoms with Gasteiger partial charge in [0.1, 0.15) is 5.75 Å². The first kappa shape index (κ1) is 9.92. The smallest absolute Gasteiger partial charge is 0.207 e. The zero-order valence-electron chi connectivity index (χ0n) is 7.93. The Balaban J connectivity index is 2.19. The number of rotatable bonds is 4. The van der Waals surface area contributed by atoms with Crippen molar-refractivity contribution in [1.29, 1.82) is 0 Å². The van der Waals surface area contributed by atoms with Crippen LogP contribution in [0.4, 0.5) is 0 Å². The molecule has 0 saturated carbocycles. The number of hydrogen-bond acceptors (Lipinski definition) is 4. The first-order valence-corrected chi connectivity index (χ1v) is 5.37. The van der Waals surface area contributed by atoms with Crippen molar-refractivity contribution in [3.8, 4) is 5.75 Å². The SMILES string of the molecule is O=CNCCc1nc2ccc(O)cc2s1. The van der Waals surface area contributed by atoms with Crippen molar-refractivity contribution < 1.29 is 9.90 Å². The van der Waals surface area contributed by atoms with Crippen LogP contribution < -0.4 is 5.32 Å². The Labute approximate surface area is 90.6 Å². The number of phenols is 1. The molecule has 78 valence electrons. The minimum Gasteiger partial charge on any atom is -0.508 e. The second-order valence-electron chi connectivity index (χ2n) is 3.08. The van der Waals surface area contributed by atoms with Gasteiger partial charge >= 0.3 is 0 Å². The molecule has 0 saturated heterocycles. The van der Waals surface area contributed by atoms with Crippen LogP contribution in [0.1, 0.15) is 5.01 Å². The Hall–Kier alpha value is -1.62. The van der Waals surface area contributed by atoms with Gasteiger partial charge in [0.2, 0.25) is 6.41 Å². The maximum absolute atomic E-state index is 10.1. The third-order valence-electron chi connectivity index (χ3n) is 1.98. The van der Waals surface area contributed by atoms with E-state index in [0.29, 0.717) is 13.0 Å². The van der Waals surface area contributed by atoms with E-state index in [4.69, 9.17) is 0 Å². The molecule has 0 fully saturated rings. The molecule has 0 unspecified atom stereocenters. The van der Waals surface area contributed by atoms with Crippen LogP contribution in [0.25, 0.3) is 10.2 Å². The zero-order valence-corrected chi connectivity index (χ0v) is 8.75. The minimum atomic E-state index is 0.253. The Morgan fingerprint density at radius 1 is 1.53 bits per heavy atom. The molecule has 5 heteroatoms. The summed E-state index contributed by atoms with van der Waals surface area (Å²) in [6.07, 6.45) is 1.40. The number of aromatic nitrogens is 1. The lowest BCUT2D eigenvalue weighted by molar-refractivity contribution is -0.109. The first-order valence-electron chi connectivity index (χ1n) is 4.55. The summed E-state index contributed by atoms with van der Waals surface area (Å²) >= 11 is 1.53. The topological polar surface area (TPSA) is 62.2 Å². The number of benzene rings is 1. The quantitative estimate of drug-likeness (QED) is 0.605. The average molecular weight is 222 g/mol. The molecule has 0 atom stereocenters. The highest BCUT2D eigenvalue weighted by Crippen LogP contribution is 2.25. The largest absolute Gasteiger partial charge is 0.508 e. The maximum atomic E-state index is 10.1. The Kier molecular flexibility index (Phi) is 2.82. The molecule has 15 heavy (non-hydrogen) atoms. The summed E-state index contributed by atoms with van der Waals surface area (Å²) in [5.74, 6) is 0.253. The van der Waals surface area contributed by atoms with Gasteiger partial charge in [-0.1, -0.05) is 0 Å². The number of thiazole rings is 1. The summed E-state index contributed by atoms with van der Waals surface area (Å²) < 4.78 is 0.969. The Morgan fingerprint density at radius 2 is 2.40 bits per heavy atom. The van der Waals surface area contributed by atoms with Crippen LogP contribution in [-0.2, 0) is 11.2 Å². The molecule has 0 bridgehead atoms. The predicted molar refractivity (Wildman–Crippen MR) is 59.1 cm³/mol. The van der Waals surface area contributed by atoms with Gasteiger partial charge in [0.15, 0.2) is 0 Å². The van der Waals surface area contributed by atoms with Crippen LogP contribution >= 0.6 is 11.3 Å². The van der Waals surface area contributed by atoms with E-state index in [1.165, 1.54) is 11.3 Å². The van der Waals surface area contributed by atoms with Crippen LogP contribution in [0.5, 0.6) is 5.75 Å². The van der Waals surface area contributed by atoms with Crippen molar-refractivity contribution in [3.05, 3.63) is 23.2 Å². The van der Waals surface area contributed by atoms with Gasteiger partial charge in [-0.3, -0.25) is 4.79 Å². The van der Waals surface area contributed by atoms with E-state index in [1.54, 1.807) is 18.2 Å². The van der Waals surface area contributed by atoms with Gasteiger partial charge < -0.3 is 10.4 Å². The normalized spacial score (nSPS) is 10.4. The van der Waals surface area contributed by atoms with Crippen molar-refractivity contribution in [2.24, 2.45) is 0 Å². The number of phenolic OH excluding ortho intramolecular Hbond substituents is 1. The first-order chi connectivity index (χ1) is 7.29. The van der Waals surface area contributed by atoms with Crippen LogP contribution in [0.3, 0.4) is 0 Å². The van der Waals surface area contributed by atoms with Crippen molar-refractivity contribution in [2.45, 2.75) is 6.42 Å². The number of fused-ring (bicyclic) bond motifs is 1. The number of carbonyl (C=O) groups is 1. The molecule has 4 nitrogen and oxygen atoms in total. The van der Waals surface area contributed by atoms with Gasteiger partial charge in [0.25, 0.3) is 0 Å². The van der Waals surface area contributed by atoms with Crippen molar-refractivity contribution in [1.82, 2.24) is 10.3 Å². The number of amides is 1. The van der Waals surface area contributed by atoms with E-state index < -0.39 is 0 Å². The molecule has 1 aromatic carbocycles. The Morgan fingerprint density at radius 3 is 3.20 bits per heavy atom. The standard InChI is InChI=1S/C10H10N2O2S/c13-6-11-4-3-10-12-8-2-1-7(14)5-9(8)15-10/h1-2,5-6,14H,3-4H2,(H,11,13). The van der Waals surface area contributed by atoms with Gasteiger partial charge in [0.05, 0.1) is 15.2 Å². The fraction of sp³-hybridized carbons (Fsp3) is 0.200. The van der Waals surface area contributed by atoms with E-state index in [1.807, 2.05) is 0 Å². The third-order valence-corrected chi connectivity index (χ3v) is 3.06. The van der Waals surface area contributed by atoms with E-state index in [2.05, 4.69) is 10.3 Å². The molecule has 0 radical (unpaired) electrons. The molecule has 0 aliphatic rings. The summed E-state index contributed by atoms with van der Waals surface area (Å²) in [7, 11) is 0. The van der Waals surface area contributed by atoms with Gasteiger partial charge in [-0.05, 0) is 18.2 Å². The molecule has 2 rings (SSSR count). The summed E-state index contributed by atoms with van der Waals surface area (Å²) in [5.41, 5.74) is 0.888. The molecule has 0 spiro atoms.